The van der Waals surface area contributed by atoms with Crippen LogP contribution >= 0.6 is 43.6 Å². The van der Waals surface area contributed by atoms with Crippen LogP contribution in [0.25, 0.3) is 0 Å². The van der Waals surface area contributed by atoms with E-state index in [0.29, 0.717) is 16.9 Å². The van der Waals surface area contributed by atoms with Gasteiger partial charge in [-0.3, -0.25) is 4.79 Å². The Bertz CT molecular complexity index is 638. The summed E-state index contributed by atoms with van der Waals surface area (Å²) in [5, 5.41) is 2.90. The molecule has 1 amide bonds. The largest absolute Gasteiger partial charge is 0.399 e. The van der Waals surface area contributed by atoms with Crippen molar-refractivity contribution in [3.63, 3.8) is 0 Å². The Hall–Kier alpha value is -0.980. The molecule has 2 aromatic rings. The van der Waals surface area contributed by atoms with Crippen molar-refractivity contribution in [2.45, 2.75) is 4.90 Å². The van der Waals surface area contributed by atoms with E-state index < -0.39 is 0 Å². The van der Waals surface area contributed by atoms with Crippen LogP contribution < -0.4 is 11.1 Å². The highest BCUT2D eigenvalue weighted by Crippen LogP contribution is 2.34. The molecule has 0 fully saturated rings. The van der Waals surface area contributed by atoms with Crippen molar-refractivity contribution in [2.24, 2.45) is 0 Å². The van der Waals surface area contributed by atoms with Crippen molar-refractivity contribution in [1.29, 1.82) is 0 Å². The van der Waals surface area contributed by atoms with Gasteiger partial charge in [0.05, 0.1) is 11.3 Å². The smallest absolute Gasteiger partial charge is 0.256 e. The number of carbonyl (C=O) groups is 1. The van der Waals surface area contributed by atoms with E-state index in [2.05, 4.69) is 37.2 Å². The SMILES string of the molecule is CSc1ccccc1C(=O)Nc1c(Br)cc(N)cc1Br. The Morgan fingerprint density at radius 2 is 1.80 bits per heavy atom. The second kappa shape index (κ2) is 6.65. The van der Waals surface area contributed by atoms with E-state index in [0.717, 1.165) is 13.8 Å². The van der Waals surface area contributed by atoms with E-state index in [9.17, 15) is 4.79 Å². The number of thioether (sulfide) groups is 1. The third kappa shape index (κ3) is 3.37. The molecule has 3 N–H and O–H groups in total. The molecular weight excluding hydrogens is 404 g/mol. The Morgan fingerprint density at radius 3 is 2.40 bits per heavy atom. The van der Waals surface area contributed by atoms with Gasteiger partial charge in [0, 0.05) is 19.5 Å². The molecule has 0 bridgehead atoms. The van der Waals surface area contributed by atoms with Crippen molar-refractivity contribution in [2.75, 3.05) is 17.3 Å². The molecule has 3 nitrogen and oxygen atoms in total. The summed E-state index contributed by atoms with van der Waals surface area (Å²) in [6.07, 6.45) is 1.95. The van der Waals surface area contributed by atoms with Crippen LogP contribution in [-0.2, 0) is 0 Å². The summed E-state index contributed by atoms with van der Waals surface area (Å²) in [5.41, 5.74) is 7.67. The van der Waals surface area contributed by atoms with Crippen LogP contribution in [0.3, 0.4) is 0 Å². The van der Waals surface area contributed by atoms with Gasteiger partial charge in [-0.25, -0.2) is 0 Å². The average molecular weight is 416 g/mol. The molecule has 0 spiro atoms. The van der Waals surface area contributed by atoms with Gasteiger partial charge in [-0.1, -0.05) is 12.1 Å². The topological polar surface area (TPSA) is 55.1 Å². The quantitative estimate of drug-likeness (QED) is 0.560. The zero-order valence-electron chi connectivity index (χ0n) is 10.6. The molecule has 2 aromatic carbocycles. The maximum atomic E-state index is 12.4. The average Bonchev–Trinajstić information content (AvgIpc) is 2.42. The van der Waals surface area contributed by atoms with Gasteiger partial charge in [0.25, 0.3) is 5.91 Å². The van der Waals surface area contributed by atoms with Gasteiger partial charge in [-0.05, 0) is 62.4 Å². The number of nitrogens with one attached hydrogen (secondary N) is 1. The summed E-state index contributed by atoms with van der Waals surface area (Å²) in [5.74, 6) is -0.152. The summed E-state index contributed by atoms with van der Waals surface area (Å²) in [4.78, 5) is 13.3. The molecule has 0 unspecified atom stereocenters. The first-order valence-corrected chi connectivity index (χ1v) is 8.53. The molecule has 104 valence electrons. The summed E-state index contributed by atoms with van der Waals surface area (Å²) in [6, 6.07) is 11.0. The van der Waals surface area contributed by atoms with Crippen LogP contribution in [0.5, 0.6) is 0 Å². The minimum Gasteiger partial charge on any atom is -0.399 e. The third-order valence-corrected chi connectivity index (χ3v) is 4.70. The lowest BCUT2D eigenvalue weighted by Crippen LogP contribution is -2.14. The second-order valence-corrected chi connectivity index (χ2v) is 6.57. The van der Waals surface area contributed by atoms with Crippen molar-refractivity contribution < 1.29 is 4.79 Å². The number of halogens is 2. The maximum Gasteiger partial charge on any atom is 0.256 e. The molecule has 0 heterocycles. The normalized spacial score (nSPS) is 10.3. The molecule has 0 saturated heterocycles. The first-order valence-electron chi connectivity index (χ1n) is 5.72. The van der Waals surface area contributed by atoms with Crippen LogP contribution in [-0.4, -0.2) is 12.2 Å². The van der Waals surface area contributed by atoms with Crippen LogP contribution in [0.1, 0.15) is 10.4 Å². The lowest BCUT2D eigenvalue weighted by Gasteiger charge is -2.12. The first-order chi connectivity index (χ1) is 9.52. The molecule has 0 aliphatic heterocycles. The van der Waals surface area contributed by atoms with Gasteiger partial charge >= 0.3 is 0 Å². The van der Waals surface area contributed by atoms with E-state index in [4.69, 9.17) is 5.73 Å². The highest BCUT2D eigenvalue weighted by molar-refractivity contribution is 9.11. The number of benzene rings is 2. The van der Waals surface area contributed by atoms with E-state index in [1.54, 1.807) is 30.0 Å². The van der Waals surface area contributed by atoms with Crippen LogP contribution in [0.2, 0.25) is 0 Å². The highest BCUT2D eigenvalue weighted by atomic mass is 79.9. The number of anilines is 2. The lowest BCUT2D eigenvalue weighted by molar-refractivity contribution is 0.102. The van der Waals surface area contributed by atoms with Crippen LogP contribution in [0.4, 0.5) is 11.4 Å². The highest BCUT2D eigenvalue weighted by Gasteiger charge is 2.14. The predicted molar refractivity (Wildman–Crippen MR) is 92.4 cm³/mol. The standard InChI is InChI=1S/C14H12Br2N2OS/c1-20-12-5-3-2-4-9(12)14(19)18-13-10(15)6-8(17)7-11(13)16/h2-7H,17H2,1H3,(H,18,19). The van der Waals surface area contributed by atoms with Gasteiger partial charge in [-0.2, -0.15) is 0 Å². The Morgan fingerprint density at radius 1 is 1.20 bits per heavy atom. The summed E-state index contributed by atoms with van der Waals surface area (Å²) in [6.45, 7) is 0. The van der Waals surface area contributed by atoms with E-state index in [-0.39, 0.29) is 5.91 Å². The van der Waals surface area contributed by atoms with Crippen molar-refractivity contribution in [3.8, 4) is 0 Å². The Labute approximate surface area is 138 Å². The minimum absolute atomic E-state index is 0.152. The molecule has 0 radical (unpaired) electrons. The zero-order valence-corrected chi connectivity index (χ0v) is 14.6. The van der Waals surface area contributed by atoms with E-state index >= 15 is 0 Å². The number of carbonyl (C=O) groups excluding carboxylic acids is 1. The van der Waals surface area contributed by atoms with Gasteiger partial charge in [0.1, 0.15) is 0 Å². The third-order valence-electron chi connectivity index (χ3n) is 2.65. The fourth-order valence-corrected chi connectivity index (χ4v) is 3.74. The monoisotopic (exact) mass is 414 g/mol. The van der Waals surface area contributed by atoms with Crippen LogP contribution in [0.15, 0.2) is 50.2 Å². The van der Waals surface area contributed by atoms with Crippen LogP contribution in [0, 0.1) is 0 Å². The molecular formula is C14H12Br2N2OS. The second-order valence-electron chi connectivity index (χ2n) is 4.01. The molecule has 2 rings (SSSR count). The molecule has 0 saturated carbocycles. The number of hydrogen-bond acceptors (Lipinski definition) is 3. The lowest BCUT2D eigenvalue weighted by atomic mass is 10.2. The maximum absolute atomic E-state index is 12.4. The van der Waals surface area contributed by atoms with Crippen molar-refractivity contribution >= 4 is 60.9 Å². The fraction of sp³-hybridized carbons (Fsp3) is 0.0714. The Balaban J connectivity index is 2.33. The zero-order chi connectivity index (χ0) is 14.7. The minimum atomic E-state index is -0.152. The molecule has 0 aliphatic rings. The van der Waals surface area contributed by atoms with Gasteiger partial charge in [-0.15, -0.1) is 11.8 Å². The van der Waals surface area contributed by atoms with Gasteiger partial charge in [0.2, 0.25) is 0 Å². The van der Waals surface area contributed by atoms with Crippen molar-refractivity contribution in [3.05, 3.63) is 50.9 Å². The number of rotatable bonds is 3. The summed E-state index contributed by atoms with van der Waals surface area (Å²) < 4.78 is 1.47. The van der Waals surface area contributed by atoms with Gasteiger partial charge in [0.15, 0.2) is 0 Å². The molecule has 0 atom stereocenters. The number of nitrogen functional groups attached to an aromatic ring is 1. The number of nitrogens with two attached hydrogens (primary N) is 1. The van der Waals surface area contributed by atoms with E-state index in [1.165, 1.54) is 0 Å². The number of amides is 1. The van der Waals surface area contributed by atoms with E-state index in [1.807, 2.05) is 24.5 Å². The molecule has 0 aliphatic carbocycles. The molecule has 20 heavy (non-hydrogen) atoms. The number of hydrogen-bond donors (Lipinski definition) is 2. The van der Waals surface area contributed by atoms with Gasteiger partial charge < -0.3 is 11.1 Å². The Kier molecular flexibility index (Phi) is 5.12. The predicted octanol–water partition coefficient (Wildman–Crippen LogP) is 4.77. The summed E-state index contributed by atoms with van der Waals surface area (Å²) >= 11 is 8.35. The fourth-order valence-electron chi connectivity index (χ4n) is 1.73. The first kappa shape index (κ1) is 15.4. The van der Waals surface area contributed by atoms with Crippen molar-refractivity contribution in [1.82, 2.24) is 0 Å². The molecule has 6 heteroatoms. The molecule has 0 aromatic heterocycles. The summed E-state index contributed by atoms with van der Waals surface area (Å²) in [7, 11) is 0.